The van der Waals surface area contributed by atoms with Crippen molar-refractivity contribution in [1.29, 1.82) is 0 Å². The third-order valence-corrected chi connectivity index (χ3v) is 6.05. The number of amides is 2. The van der Waals surface area contributed by atoms with E-state index in [9.17, 15) is 14.0 Å². The van der Waals surface area contributed by atoms with Crippen LogP contribution in [0.15, 0.2) is 48.5 Å². The summed E-state index contributed by atoms with van der Waals surface area (Å²) in [5, 5.41) is 2.91. The molecular weight excluding hydrogens is 355 g/mol. The zero-order chi connectivity index (χ0) is 19.6. The highest BCUT2D eigenvalue weighted by Gasteiger charge is 2.45. The molecule has 0 unspecified atom stereocenters. The number of halogens is 1. The van der Waals surface area contributed by atoms with Crippen LogP contribution in [0.5, 0.6) is 0 Å². The van der Waals surface area contributed by atoms with E-state index in [0.717, 1.165) is 48.8 Å². The number of hydrogen-bond acceptors (Lipinski definition) is 2. The Hall–Kier alpha value is -2.69. The molecule has 0 atom stereocenters. The number of carbonyl (C=O) groups excluding carboxylic acids is 2. The number of benzene rings is 2. The molecule has 4 nitrogen and oxygen atoms in total. The summed E-state index contributed by atoms with van der Waals surface area (Å²) < 4.78 is 13.3. The van der Waals surface area contributed by atoms with Gasteiger partial charge in [-0.15, -0.1) is 0 Å². The first-order valence-corrected chi connectivity index (χ1v) is 9.98. The maximum Gasteiger partial charge on any atom is 0.254 e. The van der Waals surface area contributed by atoms with Crippen molar-refractivity contribution in [2.45, 2.75) is 57.2 Å². The lowest BCUT2D eigenvalue weighted by Gasteiger charge is -2.44. The van der Waals surface area contributed by atoms with Gasteiger partial charge < -0.3 is 10.2 Å². The van der Waals surface area contributed by atoms with Gasteiger partial charge in [-0.25, -0.2) is 4.39 Å². The molecule has 2 aromatic rings. The zero-order valence-corrected chi connectivity index (χ0v) is 15.9. The summed E-state index contributed by atoms with van der Waals surface area (Å²) in [5.41, 5.74) is 2.10. The second kappa shape index (κ2) is 7.74. The first-order valence-electron chi connectivity index (χ1n) is 9.98. The third-order valence-electron chi connectivity index (χ3n) is 6.05. The Morgan fingerprint density at radius 3 is 2.61 bits per heavy atom. The van der Waals surface area contributed by atoms with Crippen LogP contribution in [-0.2, 0) is 17.9 Å². The number of carbonyl (C=O) groups is 2. The predicted octanol–water partition coefficient (Wildman–Crippen LogP) is 4.19. The lowest BCUT2D eigenvalue weighted by Crippen LogP contribution is -2.52. The number of fused-ring (bicyclic) bond motifs is 1. The molecule has 2 amide bonds. The molecule has 1 N–H and O–H groups in total. The van der Waals surface area contributed by atoms with Crippen molar-refractivity contribution >= 4 is 11.8 Å². The fourth-order valence-corrected chi connectivity index (χ4v) is 4.60. The van der Waals surface area contributed by atoms with Gasteiger partial charge in [0, 0.05) is 25.1 Å². The first-order chi connectivity index (χ1) is 13.6. The summed E-state index contributed by atoms with van der Waals surface area (Å²) in [6.45, 7) is 0.868. The Balaban J connectivity index is 1.49. The van der Waals surface area contributed by atoms with Crippen LogP contribution in [0.3, 0.4) is 0 Å². The lowest BCUT2D eigenvalue weighted by molar-refractivity contribution is -0.124. The Labute approximate surface area is 164 Å². The number of rotatable bonds is 5. The van der Waals surface area contributed by atoms with Gasteiger partial charge in [-0.1, -0.05) is 49.6 Å². The summed E-state index contributed by atoms with van der Waals surface area (Å²) in [4.78, 5) is 27.7. The quantitative estimate of drug-likeness (QED) is 0.846. The van der Waals surface area contributed by atoms with Gasteiger partial charge in [0.1, 0.15) is 5.82 Å². The van der Waals surface area contributed by atoms with E-state index < -0.39 is 5.54 Å². The Kier molecular flexibility index (Phi) is 5.16. The van der Waals surface area contributed by atoms with Gasteiger partial charge in [0.2, 0.25) is 5.91 Å². The van der Waals surface area contributed by atoms with Crippen molar-refractivity contribution < 1.29 is 14.0 Å². The molecule has 1 aliphatic carbocycles. The average molecular weight is 380 g/mol. The molecular formula is C23H25FN2O2. The molecule has 4 rings (SSSR count). The van der Waals surface area contributed by atoms with Crippen molar-refractivity contribution in [3.63, 3.8) is 0 Å². The minimum atomic E-state index is -0.430. The zero-order valence-electron chi connectivity index (χ0n) is 15.9. The van der Waals surface area contributed by atoms with E-state index in [1.165, 1.54) is 12.1 Å². The summed E-state index contributed by atoms with van der Waals surface area (Å²) in [5.74, 6) is -0.360. The summed E-state index contributed by atoms with van der Waals surface area (Å²) in [6, 6.07) is 14.0. The van der Waals surface area contributed by atoms with Gasteiger partial charge in [0.25, 0.3) is 5.91 Å². The largest absolute Gasteiger partial charge is 0.352 e. The molecule has 0 spiro atoms. The van der Waals surface area contributed by atoms with E-state index >= 15 is 0 Å². The van der Waals surface area contributed by atoms with Gasteiger partial charge in [0.15, 0.2) is 0 Å². The second-order valence-electron chi connectivity index (χ2n) is 7.92. The van der Waals surface area contributed by atoms with Gasteiger partial charge in [0.05, 0.1) is 5.54 Å². The van der Waals surface area contributed by atoms with E-state index in [1.54, 1.807) is 12.1 Å². The highest BCUT2D eigenvalue weighted by Crippen LogP contribution is 2.41. The minimum Gasteiger partial charge on any atom is -0.352 e. The molecule has 1 heterocycles. The van der Waals surface area contributed by atoms with Crippen molar-refractivity contribution in [2.75, 3.05) is 0 Å². The number of nitrogens with zero attached hydrogens (tertiary/aromatic N) is 1. The fraction of sp³-hybridized carbons (Fsp3) is 0.391. The maximum atomic E-state index is 13.3. The first kappa shape index (κ1) is 18.7. The van der Waals surface area contributed by atoms with Crippen molar-refractivity contribution in [3.8, 4) is 0 Å². The van der Waals surface area contributed by atoms with Crippen LogP contribution < -0.4 is 5.32 Å². The topological polar surface area (TPSA) is 49.4 Å². The van der Waals surface area contributed by atoms with Gasteiger partial charge >= 0.3 is 0 Å². The maximum absolute atomic E-state index is 13.3. The summed E-state index contributed by atoms with van der Waals surface area (Å²) in [7, 11) is 0. The highest BCUT2D eigenvalue weighted by molar-refractivity contribution is 5.99. The Morgan fingerprint density at radius 1 is 1.07 bits per heavy atom. The highest BCUT2D eigenvalue weighted by atomic mass is 19.1. The van der Waals surface area contributed by atoms with Crippen LogP contribution in [0, 0.1) is 5.82 Å². The number of hydrogen-bond donors (Lipinski definition) is 1. The predicted molar refractivity (Wildman–Crippen MR) is 105 cm³/mol. The van der Waals surface area contributed by atoms with Crippen molar-refractivity contribution in [1.82, 2.24) is 10.2 Å². The van der Waals surface area contributed by atoms with Crippen LogP contribution in [0.25, 0.3) is 0 Å². The molecule has 2 aromatic carbocycles. The summed E-state index contributed by atoms with van der Waals surface area (Å²) >= 11 is 0. The molecule has 146 valence electrons. The van der Waals surface area contributed by atoms with E-state index in [1.807, 2.05) is 29.2 Å². The van der Waals surface area contributed by atoms with Crippen molar-refractivity contribution in [2.24, 2.45) is 0 Å². The van der Waals surface area contributed by atoms with Crippen LogP contribution in [0.1, 0.15) is 60.0 Å². The molecule has 0 saturated heterocycles. The lowest BCUT2D eigenvalue weighted by atomic mass is 9.77. The molecule has 1 aliphatic heterocycles. The SMILES string of the molecule is O=C(CC1(N2Cc3ccccc3C2=O)CCCCC1)NCc1cccc(F)c1. The van der Waals surface area contributed by atoms with Gasteiger partial charge in [-0.2, -0.15) is 0 Å². The van der Waals surface area contributed by atoms with Crippen LogP contribution in [-0.4, -0.2) is 22.3 Å². The molecule has 0 radical (unpaired) electrons. The van der Waals surface area contributed by atoms with E-state index in [4.69, 9.17) is 0 Å². The summed E-state index contributed by atoms with van der Waals surface area (Å²) in [6.07, 6.45) is 5.18. The average Bonchev–Trinajstić information content (AvgIpc) is 3.05. The third kappa shape index (κ3) is 3.66. The Morgan fingerprint density at radius 2 is 1.86 bits per heavy atom. The van der Waals surface area contributed by atoms with Gasteiger partial charge in [-0.05, 0) is 42.2 Å². The van der Waals surface area contributed by atoms with Crippen LogP contribution in [0.4, 0.5) is 4.39 Å². The molecule has 0 bridgehead atoms. The molecule has 5 heteroatoms. The van der Waals surface area contributed by atoms with Crippen LogP contribution >= 0.6 is 0 Å². The van der Waals surface area contributed by atoms with Crippen LogP contribution in [0.2, 0.25) is 0 Å². The van der Waals surface area contributed by atoms with Crippen molar-refractivity contribution in [3.05, 3.63) is 71.0 Å². The van der Waals surface area contributed by atoms with Gasteiger partial charge in [-0.3, -0.25) is 9.59 Å². The fourth-order valence-electron chi connectivity index (χ4n) is 4.60. The molecule has 1 fully saturated rings. The number of nitrogens with one attached hydrogen (secondary N) is 1. The monoisotopic (exact) mass is 380 g/mol. The molecule has 1 saturated carbocycles. The van der Waals surface area contributed by atoms with E-state index in [0.29, 0.717) is 19.5 Å². The van der Waals surface area contributed by atoms with E-state index in [2.05, 4.69) is 5.32 Å². The Bertz CT molecular complexity index is 890. The second-order valence-corrected chi connectivity index (χ2v) is 7.92. The smallest absolute Gasteiger partial charge is 0.254 e. The normalized spacial score (nSPS) is 18.0. The molecule has 2 aliphatic rings. The standard InChI is InChI=1S/C23H25FN2O2/c24-19-9-6-7-17(13-19)15-25-21(27)14-23(11-4-1-5-12-23)26-16-18-8-2-3-10-20(18)22(26)28/h2-3,6-10,13H,1,4-5,11-12,14-16H2,(H,25,27). The van der Waals surface area contributed by atoms with E-state index in [-0.39, 0.29) is 17.6 Å². The molecule has 28 heavy (non-hydrogen) atoms. The molecule has 0 aromatic heterocycles. The minimum absolute atomic E-state index is 0.0374.